The number of rotatable bonds is 10. The SMILES string of the molecule is CC(C)NC(=O)[C@@H](C)N(Cc1ccc(F)cc1)C(=O)CN(c1cccc(Br)c1)S(=O)(=O)c1ccccc1. The Morgan fingerprint density at radius 3 is 2.19 bits per heavy atom. The van der Waals surface area contributed by atoms with Crippen LogP contribution in [0.1, 0.15) is 26.3 Å². The topological polar surface area (TPSA) is 86.8 Å². The predicted molar refractivity (Wildman–Crippen MR) is 145 cm³/mol. The van der Waals surface area contributed by atoms with Crippen molar-refractivity contribution in [2.45, 2.75) is 44.3 Å². The van der Waals surface area contributed by atoms with E-state index in [0.717, 1.165) is 4.31 Å². The van der Waals surface area contributed by atoms with E-state index in [9.17, 15) is 22.4 Å². The monoisotopic (exact) mass is 589 g/mol. The van der Waals surface area contributed by atoms with Gasteiger partial charge in [-0.3, -0.25) is 13.9 Å². The molecule has 0 unspecified atom stereocenters. The molecule has 0 aromatic heterocycles. The van der Waals surface area contributed by atoms with Gasteiger partial charge in [-0.1, -0.05) is 52.3 Å². The van der Waals surface area contributed by atoms with E-state index in [4.69, 9.17) is 0 Å². The maximum absolute atomic E-state index is 13.7. The smallest absolute Gasteiger partial charge is 0.264 e. The Morgan fingerprint density at radius 1 is 0.946 bits per heavy atom. The number of benzene rings is 3. The molecule has 0 spiro atoms. The summed E-state index contributed by atoms with van der Waals surface area (Å²) in [5.74, 6) is -1.40. The number of amides is 2. The average Bonchev–Trinajstić information content (AvgIpc) is 2.86. The maximum Gasteiger partial charge on any atom is 0.264 e. The Bertz CT molecular complexity index is 1340. The van der Waals surface area contributed by atoms with Crippen molar-refractivity contribution in [1.82, 2.24) is 10.2 Å². The van der Waals surface area contributed by atoms with Crippen LogP contribution in [0, 0.1) is 5.82 Å². The van der Waals surface area contributed by atoms with Gasteiger partial charge in [0.1, 0.15) is 18.4 Å². The molecule has 2 amide bonds. The first-order valence-corrected chi connectivity index (χ1v) is 13.9. The number of carbonyl (C=O) groups excluding carboxylic acids is 2. The molecule has 3 aromatic carbocycles. The van der Waals surface area contributed by atoms with Gasteiger partial charge in [-0.25, -0.2) is 12.8 Å². The maximum atomic E-state index is 13.7. The van der Waals surface area contributed by atoms with Crippen LogP contribution in [0.3, 0.4) is 0 Å². The zero-order valence-corrected chi connectivity index (χ0v) is 23.2. The van der Waals surface area contributed by atoms with E-state index in [1.165, 1.54) is 41.3 Å². The molecule has 0 aliphatic heterocycles. The molecule has 37 heavy (non-hydrogen) atoms. The van der Waals surface area contributed by atoms with Crippen LogP contribution in [0.2, 0.25) is 0 Å². The van der Waals surface area contributed by atoms with Gasteiger partial charge in [0.2, 0.25) is 11.8 Å². The fraction of sp³-hybridized carbons (Fsp3) is 0.259. The first-order chi connectivity index (χ1) is 17.5. The van der Waals surface area contributed by atoms with Gasteiger partial charge < -0.3 is 10.2 Å². The second-order valence-corrected chi connectivity index (χ2v) is 11.6. The summed E-state index contributed by atoms with van der Waals surface area (Å²) < 4.78 is 42.5. The molecular formula is C27H29BrFN3O4S. The Kier molecular flexibility index (Phi) is 9.45. The van der Waals surface area contributed by atoms with E-state index in [-0.39, 0.29) is 29.1 Å². The van der Waals surface area contributed by atoms with Crippen LogP contribution in [-0.2, 0) is 26.2 Å². The number of nitrogens with zero attached hydrogens (tertiary/aromatic N) is 2. The third kappa shape index (κ3) is 7.39. The van der Waals surface area contributed by atoms with Crippen LogP contribution in [0.15, 0.2) is 88.2 Å². The van der Waals surface area contributed by atoms with Gasteiger partial charge in [0, 0.05) is 17.1 Å². The number of carbonyl (C=O) groups is 2. The number of halogens is 2. The van der Waals surface area contributed by atoms with Crippen LogP contribution < -0.4 is 9.62 Å². The number of nitrogens with one attached hydrogen (secondary N) is 1. The molecule has 0 saturated heterocycles. The summed E-state index contributed by atoms with van der Waals surface area (Å²) in [7, 11) is -4.13. The molecule has 0 aliphatic carbocycles. The van der Waals surface area contributed by atoms with E-state index in [1.807, 2.05) is 0 Å². The summed E-state index contributed by atoms with van der Waals surface area (Å²) in [4.78, 5) is 27.9. The molecule has 0 saturated carbocycles. The second-order valence-electron chi connectivity index (χ2n) is 8.79. The first kappa shape index (κ1) is 28.3. The number of sulfonamides is 1. The molecule has 3 aromatic rings. The lowest BCUT2D eigenvalue weighted by Gasteiger charge is -2.32. The fourth-order valence-corrected chi connectivity index (χ4v) is 5.47. The normalized spacial score (nSPS) is 12.2. The molecule has 196 valence electrons. The standard InChI is InChI=1S/C27H29BrFN3O4S/c1-19(2)30-27(34)20(3)31(17-21-12-14-23(29)15-13-21)26(33)18-32(24-9-7-8-22(28)16-24)37(35,36)25-10-5-4-6-11-25/h4-16,19-20H,17-18H2,1-3H3,(H,30,34)/t20-/m1/s1. The average molecular weight is 591 g/mol. The van der Waals surface area contributed by atoms with Crippen molar-refractivity contribution in [2.75, 3.05) is 10.8 Å². The van der Waals surface area contributed by atoms with Crippen molar-refractivity contribution < 1.29 is 22.4 Å². The lowest BCUT2D eigenvalue weighted by Crippen LogP contribution is -2.52. The van der Waals surface area contributed by atoms with Gasteiger partial charge in [0.25, 0.3) is 10.0 Å². The van der Waals surface area contributed by atoms with E-state index in [1.54, 1.807) is 63.2 Å². The highest BCUT2D eigenvalue weighted by Crippen LogP contribution is 2.27. The summed E-state index contributed by atoms with van der Waals surface area (Å²) >= 11 is 3.36. The van der Waals surface area contributed by atoms with Crippen LogP contribution in [0.25, 0.3) is 0 Å². The number of hydrogen-bond donors (Lipinski definition) is 1. The van der Waals surface area contributed by atoms with Crippen molar-refractivity contribution in [3.8, 4) is 0 Å². The molecular weight excluding hydrogens is 561 g/mol. The van der Waals surface area contributed by atoms with Crippen LogP contribution >= 0.6 is 15.9 Å². The molecule has 7 nitrogen and oxygen atoms in total. The van der Waals surface area contributed by atoms with Gasteiger partial charge >= 0.3 is 0 Å². The van der Waals surface area contributed by atoms with Crippen LogP contribution in [-0.4, -0.2) is 43.8 Å². The third-order valence-electron chi connectivity index (χ3n) is 5.57. The Balaban J connectivity index is 2.01. The van der Waals surface area contributed by atoms with E-state index < -0.39 is 34.3 Å². The van der Waals surface area contributed by atoms with Crippen LogP contribution in [0.4, 0.5) is 10.1 Å². The quantitative estimate of drug-likeness (QED) is 0.370. The fourth-order valence-electron chi connectivity index (χ4n) is 3.65. The van der Waals surface area contributed by atoms with Crippen LogP contribution in [0.5, 0.6) is 0 Å². The van der Waals surface area contributed by atoms with E-state index in [2.05, 4.69) is 21.2 Å². The largest absolute Gasteiger partial charge is 0.352 e. The molecule has 0 radical (unpaired) electrons. The zero-order valence-electron chi connectivity index (χ0n) is 20.8. The highest BCUT2D eigenvalue weighted by Gasteiger charge is 2.32. The van der Waals surface area contributed by atoms with Gasteiger partial charge in [0.05, 0.1) is 10.6 Å². The summed E-state index contributed by atoms with van der Waals surface area (Å²) in [5, 5.41) is 2.79. The van der Waals surface area contributed by atoms with E-state index in [0.29, 0.717) is 10.0 Å². The first-order valence-electron chi connectivity index (χ1n) is 11.7. The minimum Gasteiger partial charge on any atom is -0.352 e. The molecule has 0 fully saturated rings. The van der Waals surface area contributed by atoms with Gasteiger partial charge in [-0.2, -0.15) is 0 Å². The third-order valence-corrected chi connectivity index (χ3v) is 7.85. The van der Waals surface area contributed by atoms with E-state index >= 15 is 0 Å². The Morgan fingerprint density at radius 2 is 1.59 bits per heavy atom. The molecule has 3 rings (SSSR count). The molecule has 1 N–H and O–H groups in total. The molecule has 0 heterocycles. The molecule has 0 bridgehead atoms. The Hall–Kier alpha value is -3.24. The highest BCUT2D eigenvalue weighted by atomic mass is 79.9. The lowest BCUT2D eigenvalue weighted by atomic mass is 10.1. The predicted octanol–water partition coefficient (Wildman–Crippen LogP) is 4.73. The van der Waals surface area contributed by atoms with Crippen molar-refractivity contribution in [3.63, 3.8) is 0 Å². The Labute approximate surface area is 225 Å². The summed E-state index contributed by atoms with van der Waals surface area (Å²) in [6, 6.07) is 19.0. The second kappa shape index (κ2) is 12.3. The minimum atomic E-state index is -4.13. The van der Waals surface area contributed by atoms with Gasteiger partial charge in [-0.05, 0) is 68.8 Å². The van der Waals surface area contributed by atoms with Crippen molar-refractivity contribution in [1.29, 1.82) is 0 Å². The molecule has 10 heteroatoms. The van der Waals surface area contributed by atoms with Crippen molar-refractivity contribution >= 4 is 43.5 Å². The van der Waals surface area contributed by atoms with Crippen molar-refractivity contribution in [2.24, 2.45) is 0 Å². The number of hydrogen-bond acceptors (Lipinski definition) is 4. The van der Waals surface area contributed by atoms with Crippen molar-refractivity contribution in [3.05, 3.63) is 94.7 Å². The summed E-state index contributed by atoms with van der Waals surface area (Å²) in [6.07, 6.45) is 0. The summed E-state index contributed by atoms with van der Waals surface area (Å²) in [5.41, 5.74) is 0.881. The lowest BCUT2D eigenvalue weighted by molar-refractivity contribution is -0.139. The molecule has 0 aliphatic rings. The number of anilines is 1. The van der Waals surface area contributed by atoms with Gasteiger partial charge in [-0.15, -0.1) is 0 Å². The minimum absolute atomic E-state index is 0.0104. The highest BCUT2D eigenvalue weighted by molar-refractivity contribution is 9.10. The molecule has 1 atom stereocenters. The van der Waals surface area contributed by atoms with Gasteiger partial charge in [0.15, 0.2) is 0 Å². The zero-order chi connectivity index (χ0) is 27.2. The summed E-state index contributed by atoms with van der Waals surface area (Å²) in [6.45, 7) is 4.63.